The zero-order valence-corrected chi connectivity index (χ0v) is 10.1. The molecule has 2 rings (SSSR count). The van der Waals surface area contributed by atoms with E-state index in [-0.39, 0.29) is 17.6 Å². The van der Waals surface area contributed by atoms with Crippen LogP contribution in [0.2, 0.25) is 0 Å². The summed E-state index contributed by atoms with van der Waals surface area (Å²) in [6.07, 6.45) is 3.77. The SMILES string of the molecule is C=CC1CC(=O)N(c2ncc(Br)nc2N)C1. The third-order valence-electron chi connectivity index (χ3n) is 2.49. The van der Waals surface area contributed by atoms with E-state index in [1.165, 1.54) is 6.20 Å². The van der Waals surface area contributed by atoms with Gasteiger partial charge in [-0.3, -0.25) is 9.69 Å². The minimum Gasteiger partial charge on any atom is -0.381 e. The normalized spacial score (nSPS) is 20.2. The topological polar surface area (TPSA) is 72.1 Å². The average Bonchev–Trinajstić information content (AvgIpc) is 2.60. The molecule has 0 radical (unpaired) electrons. The molecule has 1 fully saturated rings. The highest BCUT2D eigenvalue weighted by molar-refractivity contribution is 9.10. The molecule has 0 spiro atoms. The Bertz CT molecular complexity index is 448. The molecule has 2 N–H and O–H groups in total. The van der Waals surface area contributed by atoms with Crippen molar-refractivity contribution in [2.45, 2.75) is 6.42 Å². The van der Waals surface area contributed by atoms with E-state index in [0.29, 0.717) is 23.4 Å². The summed E-state index contributed by atoms with van der Waals surface area (Å²) >= 11 is 3.17. The van der Waals surface area contributed by atoms with Crippen LogP contribution in [0.25, 0.3) is 0 Å². The predicted octanol–water partition coefficient (Wildman–Crippen LogP) is 1.36. The third-order valence-corrected chi connectivity index (χ3v) is 2.88. The monoisotopic (exact) mass is 282 g/mol. The van der Waals surface area contributed by atoms with E-state index in [1.54, 1.807) is 11.0 Å². The van der Waals surface area contributed by atoms with E-state index in [1.807, 2.05) is 0 Å². The second-order valence-corrected chi connectivity index (χ2v) is 4.42. The van der Waals surface area contributed by atoms with Gasteiger partial charge in [0.25, 0.3) is 0 Å². The Labute approximate surface area is 101 Å². The first-order chi connectivity index (χ1) is 7.61. The Kier molecular flexibility index (Phi) is 2.91. The first-order valence-electron chi connectivity index (χ1n) is 4.82. The maximum atomic E-state index is 11.7. The number of aromatic nitrogens is 2. The lowest BCUT2D eigenvalue weighted by Gasteiger charge is -2.16. The largest absolute Gasteiger partial charge is 0.381 e. The smallest absolute Gasteiger partial charge is 0.228 e. The first-order valence-corrected chi connectivity index (χ1v) is 5.62. The molecule has 6 heteroatoms. The average molecular weight is 283 g/mol. The number of hydrogen-bond acceptors (Lipinski definition) is 4. The van der Waals surface area contributed by atoms with Crippen molar-refractivity contribution in [1.29, 1.82) is 0 Å². The van der Waals surface area contributed by atoms with Crippen molar-refractivity contribution in [3.05, 3.63) is 23.5 Å². The molecule has 1 aliphatic rings. The Morgan fingerprint density at radius 2 is 2.44 bits per heavy atom. The molecule has 0 saturated carbocycles. The number of anilines is 2. The van der Waals surface area contributed by atoms with Gasteiger partial charge in [0.05, 0.1) is 6.20 Å². The standard InChI is InChI=1S/C10H11BrN4O/c1-2-6-3-8(16)15(5-6)10-9(12)14-7(11)4-13-10/h2,4,6H,1,3,5H2,(H2,12,14). The molecule has 0 aromatic carbocycles. The summed E-state index contributed by atoms with van der Waals surface area (Å²) in [5.41, 5.74) is 5.73. The van der Waals surface area contributed by atoms with Gasteiger partial charge in [-0.2, -0.15) is 0 Å². The molecule has 1 aromatic heterocycles. The van der Waals surface area contributed by atoms with Crippen LogP contribution < -0.4 is 10.6 Å². The summed E-state index contributed by atoms with van der Waals surface area (Å²) in [5, 5.41) is 0. The number of hydrogen-bond donors (Lipinski definition) is 1. The van der Waals surface area contributed by atoms with E-state index in [2.05, 4.69) is 32.5 Å². The van der Waals surface area contributed by atoms with Gasteiger partial charge in [-0.05, 0) is 15.9 Å². The Balaban J connectivity index is 2.31. The molecule has 84 valence electrons. The van der Waals surface area contributed by atoms with Gasteiger partial charge in [0, 0.05) is 18.9 Å². The molecule has 2 heterocycles. The minimum atomic E-state index is 0.00761. The van der Waals surface area contributed by atoms with Crippen LogP contribution in [0.1, 0.15) is 6.42 Å². The van der Waals surface area contributed by atoms with Crippen LogP contribution in [0.4, 0.5) is 11.6 Å². The highest BCUT2D eigenvalue weighted by atomic mass is 79.9. The number of amides is 1. The molecule has 0 aliphatic carbocycles. The van der Waals surface area contributed by atoms with Crippen LogP contribution in [0.5, 0.6) is 0 Å². The van der Waals surface area contributed by atoms with E-state index < -0.39 is 0 Å². The van der Waals surface area contributed by atoms with Crippen LogP contribution >= 0.6 is 15.9 Å². The summed E-state index contributed by atoms with van der Waals surface area (Å²) < 4.78 is 0.556. The number of nitrogen functional groups attached to an aromatic ring is 1. The summed E-state index contributed by atoms with van der Waals surface area (Å²) in [4.78, 5) is 21.4. The summed E-state index contributed by atoms with van der Waals surface area (Å²) in [6.45, 7) is 4.26. The number of rotatable bonds is 2. The predicted molar refractivity (Wildman–Crippen MR) is 64.8 cm³/mol. The van der Waals surface area contributed by atoms with Gasteiger partial charge in [0.1, 0.15) is 4.60 Å². The maximum Gasteiger partial charge on any atom is 0.228 e. The highest BCUT2D eigenvalue weighted by Gasteiger charge is 2.31. The van der Waals surface area contributed by atoms with Crippen LogP contribution in [-0.2, 0) is 4.79 Å². The van der Waals surface area contributed by atoms with Gasteiger partial charge in [-0.15, -0.1) is 6.58 Å². The number of carbonyl (C=O) groups excluding carboxylic acids is 1. The van der Waals surface area contributed by atoms with Crippen molar-refractivity contribution < 1.29 is 4.79 Å². The Morgan fingerprint density at radius 3 is 3.00 bits per heavy atom. The zero-order valence-electron chi connectivity index (χ0n) is 8.56. The van der Waals surface area contributed by atoms with Crippen molar-refractivity contribution in [2.75, 3.05) is 17.2 Å². The van der Waals surface area contributed by atoms with Crippen LogP contribution in [-0.4, -0.2) is 22.4 Å². The lowest BCUT2D eigenvalue weighted by atomic mass is 10.1. The van der Waals surface area contributed by atoms with E-state index >= 15 is 0 Å². The number of nitrogens with zero attached hydrogens (tertiary/aromatic N) is 3. The second-order valence-electron chi connectivity index (χ2n) is 3.61. The van der Waals surface area contributed by atoms with Gasteiger partial charge in [0.2, 0.25) is 5.91 Å². The fourth-order valence-electron chi connectivity index (χ4n) is 1.68. The lowest BCUT2D eigenvalue weighted by molar-refractivity contribution is -0.117. The van der Waals surface area contributed by atoms with E-state index in [9.17, 15) is 4.79 Å². The number of carbonyl (C=O) groups is 1. The van der Waals surface area contributed by atoms with Crippen LogP contribution in [0.3, 0.4) is 0 Å². The summed E-state index contributed by atoms with van der Waals surface area (Å²) in [6, 6.07) is 0. The molecule has 1 aliphatic heterocycles. The maximum absolute atomic E-state index is 11.7. The minimum absolute atomic E-state index is 0.00761. The molecule has 1 atom stereocenters. The quantitative estimate of drug-likeness (QED) is 0.832. The number of nitrogens with two attached hydrogens (primary N) is 1. The molecular formula is C10H11BrN4O. The molecule has 1 amide bonds. The lowest BCUT2D eigenvalue weighted by Crippen LogP contribution is -2.26. The molecule has 1 aromatic rings. The molecule has 0 bridgehead atoms. The Hall–Kier alpha value is -1.43. The highest BCUT2D eigenvalue weighted by Crippen LogP contribution is 2.27. The van der Waals surface area contributed by atoms with Crippen LogP contribution in [0.15, 0.2) is 23.5 Å². The third kappa shape index (κ3) is 1.92. The molecule has 1 unspecified atom stereocenters. The van der Waals surface area contributed by atoms with Gasteiger partial charge in [0.15, 0.2) is 11.6 Å². The van der Waals surface area contributed by atoms with Crippen molar-refractivity contribution >= 4 is 33.5 Å². The van der Waals surface area contributed by atoms with Crippen molar-refractivity contribution in [3.63, 3.8) is 0 Å². The van der Waals surface area contributed by atoms with Gasteiger partial charge in [-0.25, -0.2) is 9.97 Å². The van der Waals surface area contributed by atoms with Crippen LogP contribution in [0, 0.1) is 5.92 Å². The molecule has 16 heavy (non-hydrogen) atoms. The van der Waals surface area contributed by atoms with Crippen molar-refractivity contribution in [3.8, 4) is 0 Å². The Morgan fingerprint density at radius 1 is 1.69 bits per heavy atom. The fourth-order valence-corrected chi connectivity index (χ4v) is 1.97. The zero-order chi connectivity index (χ0) is 11.7. The van der Waals surface area contributed by atoms with E-state index in [4.69, 9.17) is 5.73 Å². The summed E-state index contributed by atoms with van der Waals surface area (Å²) in [7, 11) is 0. The van der Waals surface area contributed by atoms with Gasteiger partial charge < -0.3 is 5.73 Å². The molecular weight excluding hydrogens is 272 g/mol. The summed E-state index contributed by atoms with van der Waals surface area (Å²) in [5.74, 6) is 0.857. The second kappa shape index (κ2) is 4.21. The van der Waals surface area contributed by atoms with Gasteiger partial charge >= 0.3 is 0 Å². The molecule has 5 nitrogen and oxygen atoms in total. The van der Waals surface area contributed by atoms with Gasteiger partial charge in [-0.1, -0.05) is 6.08 Å². The van der Waals surface area contributed by atoms with Crippen molar-refractivity contribution in [1.82, 2.24) is 9.97 Å². The van der Waals surface area contributed by atoms with Crippen molar-refractivity contribution in [2.24, 2.45) is 5.92 Å². The molecule has 1 saturated heterocycles. The first kappa shape index (κ1) is 11.1. The fraction of sp³-hybridized carbons (Fsp3) is 0.300. The van der Waals surface area contributed by atoms with E-state index in [0.717, 1.165) is 0 Å². The number of halogens is 1.